The monoisotopic (exact) mass is 282 g/mol. The van der Waals surface area contributed by atoms with Gasteiger partial charge in [0.2, 0.25) is 0 Å². The summed E-state index contributed by atoms with van der Waals surface area (Å²) in [6, 6.07) is 10.4. The van der Waals surface area contributed by atoms with E-state index in [4.69, 9.17) is 5.11 Å². The molecule has 1 heterocycles. The highest BCUT2D eigenvalue weighted by Gasteiger charge is 2.04. The van der Waals surface area contributed by atoms with E-state index in [2.05, 4.69) is 10.3 Å². The van der Waals surface area contributed by atoms with Gasteiger partial charge in [0.15, 0.2) is 0 Å². The van der Waals surface area contributed by atoms with Gasteiger partial charge in [-0.25, -0.2) is 4.79 Å². The molecule has 21 heavy (non-hydrogen) atoms. The summed E-state index contributed by atoms with van der Waals surface area (Å²) >= 11 is 0. The Morgan fingerprint density at radius 1 is 1.10 bits per heavy atom. The van der Waals surface area contributed by atoms with E-state index in [9.17, 15) is 9.59 Å². The number of carboxylic acid groups (broad SMARTS) is 1. The molecule has 5 heteroatoms. The zero-order chi connectivity index (χ0) is 15.1. The topological polar surface area (TPSA) is 79.3 Å². The Morgan fingerprint density at radius 3 is 2.38 bits per heavy atom. The van der Waals surface area contributed by atoms with Crippen molar-refractivity contribution >= 4 is 18.0 Å². The predicted octanol–water partition coefficient (Wildman–Crippen LogP) is 2.11. The zero-order valence-corrected chi connectivity index (χ0v) is 11.2. The molecule has 0 aliphatic rings. The lowest BCUT2D eigenvalue weighted by Crippen LogP contribution is -2.22. The smallest absolute Gasteiger partial charge is 0.328 e. The van der Waals surface area contributed by atoms with Crippen LogP contribution in [-0.2, 0) is 11.3 Å². The lowest BCUT2D eigenvalue weighted by Gasteiger charge is -2.05. The average molecular weight is 282 g/mol. The first-order chi connectivity index (χ1) is 10.1. The van der Waals surface area contributed by atoms with E-state index in [0.717, 1.165) is 17.2 Å². The van der Waals surface area contributed by atoms with Crippen LogP contribution >= 0.6 is 0 Å². The van der Waals surface area contributed by atoms with Gasteiger partial charge in [-0.15, -0.1) is 0 Å². The van der Waals surface area contributed by atoms with Gasteiger partial charge in [-0.1, -0.05) is 12.1 Å². The number of nitrogens with one attached hydrogen (secondary N) is 1. The van der Waals surface area contributed by atoms with Gasteiger partial charge >= 0.3 is 5.97 Å². The molecule has 2 aromatic rings. The fourth-order valence-corrected chi connectivity index (χ4v) is 1.70. The molecular weight excluding hydrogens is 268 g/mol. The molecule has 1 aromatic heterocycles. The van der Waals surface area contributed by atoms with E-state index in [0.29, 0.717) is 12.1 Å². The largest absolute Gasteiger partial charge is 0.478 e. The van der Waals surface area contributed by atoms with Crippen molar-refractivity contribution in [2.45, 2.75) is 6.54 Å². The van der Waals surface area contributed by atoms with Crippen LogP contribution in [0.25, 0.3) is 6.08 Å². The summed E-state index contributed by atoms with van der Waals surface area (Å²) in [5, 5.41) is 11.3. The summed E-state index contributed by atoms with van der Waals surface area (Å²) in [6.45, 7) is 0.433. The van der Waals surface area contributed by atoms with Crippen LogP contribution < -0.4 is 5.32 Å². The van der Waals surface area contributed by atoms with Crippen LogP contribution in [0.3, 0.4) is 0 Å². The molecule has 2 N–H and O–H groups in total. The highest BCUT2D eigenvalue weighted by molar-refractivity contribution is 5.94. The number of aromatic nitrogens is 1. The second-order valence-electron chi connectivity index (χ2n) is 4.33. The number of rotatable bonds is 5. The minimum absolute atomic E-state index is 0.180. The standard InChI is InChI=1S/C16H14N2O3/c19-15(20)6-3-12-1-4-14(5-2-12)16(21)18-11-13-7-9-17-10-8-13/h1-10H,11H2,(H,18,21)(H,19,20). The summed E-state index contributed by atoms with van der Waals surface area (Å²) in [7, 11) is 0. The maximum atomic E-state index is 12.0. The van der Waals surface area contributed by atoms with Crippen molar-refractivity contribution < 1.29 is 14.7 Å². The number of aliphatic carboxylic acids is 1. The molecule has 0 unspecified atom stereocenters. The summed E-state index contributed by atoms with van der Waals surface area (Å²) < 4.78 is 0. The van der Waals surface area contributed by atoms with E-state index in [-0.39, 0.29) is 5.91 Å². The van der Waals surface area contributed by atoms with Crippen molar-refractivity contribution in [1.82, 2.24) is 10.3 Å². The summed E-state index contributed by atoms with van der Waals surface area (Å²) in [4.78, 5) is 26.3. The number of benzene rings is 1. The van der Waals surface area contributed by atoms with E-state index in [1.807, 2.05) is 12.1 Å². The fraction of sp³-hybridized carbons (Fsp3) is 0.0625. The molecule has 1 amide bonds. The lowest BCUT2D eigenvalue weighted by atomic mass is 10.1. The third-order valence-electron chi connectivity index (χ3n) is 2.79. The number of pyridine rings is 1. The maximum absolute atomic E-state index is 12.0. The van der Waals surface area contributed by atoms with Crippen molar-refractivity contribution in [1.29, 1.82) is 0 Å². The Hall–Kier alpha value is -2.95. The van der Waals surface area contributed by atoms with Gasteiger partial charge in [0.25, 0.3) is 5.91 Å². The van der Waals surface area contributed by atoms with Gasteiger partial charge in [0, 0.05) is 30.6 Å². The summed E-state index contributed by atoms with van der Waals surface area (Å²) in [6.07, 6.45) is 5.87. The molecule has 5 nitrogen and oxygen atoms in total. The van der Waals surface area contributed by atoms with Gasteiger partial charge in [-0.05, 0) is 41.5 Å². The third kappa shape index (κ3) is 4.58. The van der Waals surface area contributed by atoms with Gasteiger partial charge < -0.3 is 10.4 Å². The molecule has 0 fully saturated rings. The number of carbonyl (C=O) groups excluding carboxylic acids is 1. The Balaban J connectivity index is 1.95. The summed E-state index contributed by atoms with van der Waals surface area (Å²) in [5.74, 6) is -1.19. The number of amides is 1. The molecule has 0 atom stereocenters. The molecular formula is C16H14N2O3. The van der Waals surface area contributed by atoms with E-state index >= 15 is 0 Å². The van der Waals surface area contributed by atoms with Crippen LogP contribution in [-0.4, -0.2) is 22.0 Å². The molecule has 2 rings (SSSR count). The normalized spacial score (nSPS) is 10.5. The summed E-state index contributed by atoms with van der Waals surface area (Å²) in [5.41, 5.74) is 2.22. The van der Waals surface area contributed by atoms with Crippen molar-refractivity contribution in [3.8, 4) is 0 Å². The van der Waals surface area contributed by atoms with Crippen LogP contribution in [0.1, 0.15) is 21.5 Å². The Labute approximate surface area is 122 Å². The maximum Gasteiger partial charge on any atom is 0.328 e. The molecule has 0 saturated carbocycles. The van der Waals surface area contributed by atoms with E-state index in [1.165, 1.54) is 6.08 Å². The first-order valence-electron chi connectivity index (χ1n) is 6.33. The lowest BCUT2D eigenvalue weighted by molar-refractivity contribution is -0.131. The number of hydrogen-bond donors (Lipinski definition) is 2. The molecule has 0 saturated heterocycles. The van der Waals surface area contributed by atoms with Gasteiger partial charge in [-0.2, -0.15) is 0 Å². The van der Waals surface area contributed by atoms with Crippen LogP contribution in [0.5, 0.6) is 0 Å². The van der Waals surface area contributed by atoms with Crippen LogP contribution in [0.4, 0.5) is 0 Å². The molecule has 0 aliphatic carbocycles. The molecule has 0 bridgehead atoms. The van der Waals surface area contributed by atoms with Crippen LogP contribution in [0.15, 0.2) is 54.9 Å². The number of hydrogen-bond acceptors (Lipinski definition) is 3. The third-order valence-corrected chi connectivity index (χ3v) is 2.79. The number of carbonyl (C=O) groups is 2. The van der Waals surface area contributed by atoms with E-state index in [1.54, 1.807) is 36.7 Å². The molecule has 106 valence electrons. The average Bonchev–Trinajstić information content (AvgIpc) is 2.52. The van der Waals surface area contributed by atoms with Crippen molar-refractivity contribution in [2.75, 3.05) is 0 Å². The van der Waals surface area contributed by atoms with E-state index < -0.39 is 5.97 Å². The van der Waals surface area contributed by atoms with Gasteiger partial charge in [0.05, 0.1) is 0 Å². The van der Waals surface area contributed by atoms with Gasteiger partial charge in [0.1, 0.15) is 0 Å². The highest BCUT2D eigenvalue weighted by atomic mass is 16.4. The predicted molar refractivity (Wildman–Crippen MR) is 78.5 cm³/mol. The first kappa shape index (κ1) is 14.5. The fourth-order valence-electron chi connectivity index (χ4n) is 1.70. The minimum Gasteiger partial charge on any atom is -0.478 e. The molecule has 1 aromatic carbocycles. The second-order valence-corrected chi connectivity index (χ2v) is 4.33. The minimum atomic E-state index is -1.01. The zero-order valence-electron chi connectivity index (χ0n) is 11.2. The molecule has 0 radical (unpaired) electrons. The number of carboxylic acids is 1. The number of nitrogens with zero attached hydrogens (tertiary/aromatic N) is 1. The SMILES string of the molecule is O=C(O)C=Cc1ccc(C(=O)NCc2ccncc2)cc1. The second kappa shape index (κ2) is 7.00. The highest BCUT2D eigenvalue weighted by Crippen LogP contribution is 2.07. The molecule has 0 aliphatic heterocycles. The van der Waals surface area contributed by atoms with Crippen molar-refractivity contribution in [2.24, 2.45) is 0 Å². The van der Waals surface area contributed by atoms with Crippen molar-refractivity contribution in [3.05, 3.63) is 71.6 Å². The van der Waals surface area contributed by atoms with Crippen molar-refractivity contribution in [3.63, 3.8) is 0 Å². The molecule has 0 spiro atoms. The first-order valence-corrected chi connectivity index (χ1v) is 6.33. The quantitative estimate of drug-likeness (QED) is 0.823. The Morgan fingerprint density at radius 2 is 1.76 bits per heavy atom. The van der Waals surface area contributed by atoms with Crippen LogP contribution in [0, 0.1) is 0 Å². The van der Waals surface area contributed by atoms with Crippen LogP contribution in [0.2, 0.25) is 0 Å². The Kier molecular flexibility index (Phi) is 4.82. The van der Waals surface area contributed by atoms with Gasteiger partial charge in [-0.3, -0.25) is 9.78 Å². The Bertz CT molecular complexity index is 649.